The van der Waals surface area contributed by atoms with Crippen LogP contribution in [0.3, 0.4) is 0 Å². The summed E-state index contributed by atoms with van der Waals surface area (Å²) in [6.45, 7) is 4.64. The summed E-state index contributed by atoms with van der Waals surface area (Å²) in [7, 11) is -4.30. The van der Waals surface area contributed by atoms with Crippen molar-refractivity contribution in [1.29, 1.82) is 0 Å². The normalized spacial score (nSPS) is 11.7. The van der Waals surface area contributed by atoms with Gasteiger partial charge in [0.1, 0.15) is 0 Å². The van der Waals surface area contributed by atoms with Crippen LogP contribution in [0.4, 0.5) is 4.79 Å². The molecule has 0 spiro atoms. The van der Waals surface area contributed by atoms with E-state index in [0.717, 1.165) is 21.9 Å². The second kappa shape index (κ2) is 8.11. The summed E-state index contributed by atoms with van der Waals surface area (Å²) in [4.78, 5) is 20.3. The van der Waals surface area contributed by atoms with E-state index in [1.165, 1.54) is 0 Å². The van der Waals surface area contributed by atoms with Crippen LogP contribution in [0.2, 0.25) is 0 Å². The Bertz CT molecular complexity index is 1060. The van der Waals surface area contributed by atoms with Crippen molar-refractivity contribution < 1.29 is 17.4 Å². The Morgan fingerprint density at radius 3 is 2.71 bits per heavy atom. The average molecular weight is 421 g/mol. The first-order valence-corrected chi connectivity index (χ1v) is 10.7. The summed E-state index contributed by atoms with van der Waals surface area (Å²) in [5.41, 5.74) is 6.79. The van der Waals surface area contributed by atoms with Crippen LogP contribution in [-0.4, -0.2) is 29.0 Å². The van der Waals surface area contributed by atoms with Gasteiger partial charge in [-0.2, -0.15) is 8.42 Å². The average Bonchev–Trinajstić information content (AvgIpc) is 3.24. The SMILES string of the molecule is CC(C)Cc1cc(-c2ccc(Cn3ccnc3)nc2)c(S(=O)(=O)OC(N)=O)s1. The number of rotatable bonds is 7. The molecule has 0 aliphatic carbocycles. The number of carbonyl (C=O) groups excluding carboxylic acids is 1. The van der Waals surface area contributed by atoms with Crippen molar-refractivity contribution in [2.45, 2.75) is 31.0 Å². The highest BCUT2D eigenvalue weighted by Crippen LogP contribution is 2.37. The Labute approximate surface area is 167 Å². The molecule has 3 heterocycles. The third kappa shape index (κ3) is 4.76. The third-order valence-electron chi connectivity index (χ3n) is 3.82. The number of nitrogens with two attached hydrogens (primary N) is 1. The van der Waals surface area contributed by atoms with Gasteiger partial charge in [0.05, 0.1) is 18.6 Å². The summed E-state index contributed by atoms with van der Waals surface area (Å²) >= 11 is 1.08. The molecular weight excluding hydrogens is 400 g/mol. The van der Waals surface area contributed by atoms with E-state index >= 15 is 0 Å². The van der Waals surface area contributed by atoms with Gasteiger partial charge in [-0.05, 0) is 24.5 Å². The number of carbonyl (C=O) groups is 1. The summed E-state index contributed by atoms with van der Waals surface area (Å²) < 4.78 is 31.2. The number of aromatic nitrogens is 3. The minimum Gasteiger partial charge on any atom is -0.334 e. The number of pyridine rings is 1. The maximum atomic E-state index is 12.5. The van der Waals surface area contributed by atoms with Crippen LogP contribution < -0.4 is 5.73 Å². The highest BCUT2D eigenvalue weighted by Gasteiger charge is 2.27. The van der Waals surface area contributed by atoms with E-state index in [-0.39, 0.29) is 4.21 Å². The lowest BCUT2D eigenvalue weighted by Crippen LogP contribution is -2.18. The lowest BCUT2D eigenvalue weighted by atomic mass is 10.1. The van der Waals surface area contributed by atoms with E-state index in [1.54, 1.807) is 30.9 Å². The van der Waals surface area contributed by atoms with Crippen LogP contribution in [0.15, 0.2) is 47.3 Å². The van der Waals surface area contributed by atoms with Crippen molar-refractivity contribution in [3.05, 3.63) is 53.7 Å². The Balaban J connectivity index is 1.97. The second-order valence-electron chi connectivity index (χ2n) is 6.64. The fraction of sp³-hybridized carbons (Fsp3) is 0.278. The highest BCUT2D eigenvalue weighted by molar-refractivity contribution is 7.89. The van der Waals surface area contributed by atoms with E-state index in [4.69, 9.17) is 5.73 Å². The van der Waals surface area contributed by atoms with E-state index < -0.39 is 16.2 Å². The second-order valence-corrected chi connectivity index (χ2v) is 9.52. The van der Waals surface area contributed by atoms with Crippen LogP contribution in [0.5, 0.6) is 0 Å². The van der Waals surface area contributed by atoms with Crippen LogP contribution in [0.25, 0.3) is 11.1 Å². The van der Waals surface area contributed by atoms with E-state index in [1.807, 2.05) is 30.7 Å². The fourth-order valence-corrected chi connectivity index (χ4v) is 5.39. The predicted molar refractivity (Wildman–Crippen MR) is 105 cm³/mol. The maximum Gasteiger partial charge on any atom is 0.420 e. The minimum absolute atomic E-state index is 0.0499. The molecule has 28 heavy (non-hydrogen) atoms. The van der Waals surface area contributed by atoms with Crippen molar-refractivity contribution in [1.82, 2.24) is 14.5 Å². The van der Waals surface area contributed by atoms with Gasteiger partial charge >= 0.3 is 16.2 Å². The van der Waals surface area contributed by atoms with Gasteiger partial charge in [0.15, 0.2) is 4.21 Å². The molecule has 148 valence electrons. The van der Waals surface area contributed by atoms with E-state index in [0.29, 0.717) is 30.0 Å². The molecule has 1 amide bonds. The molecular formula is C18H20N4O4S2. The standard InChI is InChI=1S/C18H20N4O4S2/c1-12(2)7-15-8-16(17(27-15)28(24,25)26-18(19)23)13-3-4-14(21-9-13)10-22-6-5-20-11-22/h3-6,8-9,11-12H,7,10H2,1-2H3,(H2,19,23). The zero-order valence-corrected chi connectivity index (χ0v) is 17.0. The number of nitrogens with zero attached hydrogens (tertiary/aromatic N) is 3. The van der Waals surface area contributed by atoms with Crippen molar-refractivity contribution >= 4 is 27.5 Å². The van der Waals surface area contributed by atoms with Gasteiger partial charge in [0, 0.05) is 34.6 Å². The van der Waals surface area contributed by atoms with Crippen molar-refractivity contribution in [3.8, 4) is 11.1 Å². The van der Waals surface area contributed by atoms with E-state index in [2.05, 4.69) is 14.2 Å². The molecule has 0 bridgehead atoms. The first-order valence-electron chi connectivity index (χ1n) is 8.52. The van der Waals surface area contributed by atoms with Crippen LogP contribution in [0.1, 0.15) is 24.4 Å². The van der Waals surface area contributed by atoms with Gasteiger partial charge in [-0.3, -0.25) is 4.98 Å². The van der Waals surface area contributed by atoms with Crippen molar-refractivity contribution in [2.24, 2.45) is 11.7 Å². The molecule has 3 rings (SSSR count). The monoisotopic (exact) mass is 420 g/mol. The molecule has 0 saturated heterocycles. The van der Waals surface area contributed by atoms with Crippen molar-refractivity contribution in [2.75, 3.05) is 0 Å². The Hall–Kier alpha value is -2.72. The van der Waals surface area contributed by atoms with Crippen LogP contribution in [-0.2, 0) is 27.3 Å². The zero-order chi connectivity index (χ0) is 20.3. The van der Waals surface area contributed by atoms with Gasteiger partial charge in [-0.1, -0.05) is 19.9 Å². The van der Waals surface area contributed by atoms with Gasteiger partial charge in [-0.15, -0.1) is 11.3 Å². The molecule has 3 aromatic rings. The molecule has 8 nitrogen and oxygen atoms in total. The Morgan fingerprint density at radius 2 is 2.14 bits per heavy atom. The predicted octanol–water partition coefficient (Wildman–Crippen LogP) is 3.04. The number of hydrogen-bond donors (Lipinski definition) is 1. The molecule has 2 N–H and O–H groups in total. The quantitative estimate of drug-likeness (QED) is 0.587. The van der Waals surface area contributed by atoms with Gasteiger partial charge in [0.2, 0.25) is 0 Å². The fourth-order valence-electron chi connectivity index (χ4n) is 2.70. The largest absolute Gasteiger partial charge is 0.420 e. The molecule has 0 aromatic carbocycles. The first kappa shape index (κ1) is 20.0. The summed E-state index contributed by atoms with van der Waals surface area (Å²) in [6, 6.07) is 5.42. The van der Waals surface area contributed by atoms with Crippen molar-refractivity contribution in [3.63, 3.8) is 0 Å². The number of imidazole rings is 1. The maximum absolute atomic E-state index is 12.5. The summed E-state index contributed by atoms with van der Waals surface area (Å²) in [5, 5.41) is 0. The van der Waals surface area contributed by atoms with Crippen LogP contribution in [0, 0.1) is 5.92 Å². The highest BCUT2D eigenvalue weighted by atomic mass is 32.3. The summed E-state index contributed by atoms with van der Waals surface area (Å²) in [5.74, 6) is 0.342. The number of primary amides is 1. The molecule has 10 heteroatoms. The van der Waals surface area contributed by atoms with Gasteiger partial charge in [-0.25, -0.2) is 9.78 Å². The Morgan fingerprint density at radius 1 is 1.36 bits per heavy atom. The van der Waals surface area contributed by atoms with E-state index in [9.17, 15) is 13.2 Å². The molecule has 0 saturated carbocycles. The lowest BCUT2D eigenvalue weighted by Gasteiger charge is -2.06. The third-order valence-corrected chi connectivity index (χ3v) is 6.69. The number of amides is 1. The lowest BCUT2D eigenvalue weighted by molar-refractivity contribution is 0.213. The van der Waals surface area contributed by atoms with Gasteiger partial charge in [0.25, 0.3) is 0 Å². The molecule has 3 aromatic heterocycles. The first-order chi connectivity index (χ1) is 13.2. The molecule has 0 fully saturated rings. The number of hydrogen-bond acceptors (Lipinski definition) is 7. The van der Waals surface area contributed by atoms with Crippen LogP contribution >= 0.6 is 11.3 Å². The molecule has 0 aliphatic heterocycles. The zero-order valence-electron chi connectivity index (χ0n) is 15.4. The molecule has 0 unspecified atom stereocenters. The number of thiophene rings is 1. The minimum atomic E-state index is -4.30. The Kier molecular flexibility index (Phi) is 5.80. The summed E-state index contributed by atoms with van der Waals surface area (Å²) in [6.07, 6.45) is 6.16. The molecule has 0 radical (unpaired) electrons. The smallest absolute Gasteiger partial charge is 0.334 e. The van der Waals surface area contributed by atoms with Gasteiger partial charge < -0.3 is 14.5 Å². The topological polar surface area (TPSA) is 117 Å². The molecule has 0 aliphatic rings. The molecule has 0 atom stereocenters.